The number of para-hydroxylation sites is 1. The zero-order chi connectivity index (χ0) is 13.7. The summed E-state index contributed by atoms with van der Waals surface area (Å²) in [6.07, 6.45) is 1.12. The molecule has 0 aliphatic carbocycles. The van der Waals surface area contributed by atoms with Gasteiger partial charge in [0.05, 0.1) is 6.54 Å². The maximum absolute atomic E-state index is 5.75. The minimum atomic E-state index is 0.207. The molecule has 2 rings (SSSR count). The first kappa shape index (κ1) is 14.1. The molecule has 0 amide bonds. The van der Waals surface area contributed by atoms with Crippen LogP contribution in [0.15, 0.2) is 34.7 Å². The molecule has 3 nitrogen and oxygen atoms in total. The van der Waals surface area contributed by atoms with Gasteiger partial charge in [-0.3, -0.25) is 0 Å². The third-order valence-electron chi connectivity index (χ3n) is 2.96. The molecule has 0 bridgehead atoms. The number of hydrogen-bond acceptors (Lipinski definition) is 3. The Morgan fingerprint density at radius 3 is 2.63 bits per heavy atom. The van der Waals surface area contributed by atoms with Gasteiger partial charge in [-0.15, -0.1) is 0 Å². The Bertz CT molecular complexity index is 478. The fourth-order valence-corrected chi connectivity index (χ4v) is 2.01. The first-order valence-electron chi connectivity index (χ1n) is 6.98. The maximum Gasteiger partial charge on any atom is 0.134 e. The van der Waals surface area contributed by atoms with Crippen molar-refractivity contribution in [3.8, 4) is 0 Å². The van der Waals surface area contributed by atoms with Gasteiger partial charge in [0.25, 0.3) is 0 Å². The lowest BCUT2D eigenvalue weighted by molar-refractivity contribution is 0.416. The molecule has 19 heavy (non-hydrogen) atoms. The van der Waals surface area contributed by atoms with Crippen molar-refractivity contribution in [2.45, 2.75) is 39.3 Å². The number of fused-ring (bicyclic) bond motifs is 1. The molecule has 1 aromatic heterocycles. The van der Waals surface area contributed by atoms with Crippen LogP contribution in [-0.2, 0) is 6.54 Å². The Hall–Kier alpha value is -1.32. The molecule has 0 saturated heterocycles. The SMILES string of the molecule is CC(C)(C)NCCCNCc1cc2ccccc2o1. The Kier molecular flexibility index (Phi) is 4.61. The van der Waals surface area contributed by atoms with Gasteiger partial charge in [0.1, 0.15) is 11.3 Å². The molecule has 3 heteroatoms. The van der Waals surface area contributed by atoms with Gasteiger partial charge in [-0.05, 0) is 52.4 Å². The fraction of sp³-hybridized carbons (Fsp3) is 0.500. The van der Waals surface area contributed by atoms with Crippen LogP contribution in [0.3, 0.4) is 0 Å². The van der Waals surface area contributed by atoms with E-state index in [9.17, 15) is 0 Å². The van der Waals surface area contributed by atoms with E-state index in [1.807, 2.05) is 18.2 Å². The van der Waals surface area contributed by atoms with Gasteiger partial charge in [-0.1, -0.05) is 18.2 Å². The lowest BCUT2D eigenvalue weighted by Gasteiger charge is -2.20. The molecule has 0 saturated carbocycles. The molecule has 2 N–H and O–H groups in total. The highest BCUT2D eigenvalue weighted by molar-refractivity contribution is 5.77. The van der Waals surface area contributed by atoms with E-state index >= 15 is 0 Å². The predicted molar refractivity (Wildman–Crippen MR) is 80.3 cm³/mol. The van der Waals surface area contributed by atoms with Crippen molar-refractivity contribution in [2.75, 3.05) is 13.1 Å². The highest BCUT2D eigenvalue weighted by Crippen LogP contribution is 2.18. The molecule has 0 radical (unpaired) electrons. The number of rotatable bonds is 6. The van der Waals surface area contributed by atoms with Crippen LogP contribution in [0, 0.1) is 0 Å². The van der Waals surface area contributed by atoms with Crippen molar-refractivity contribution in [3.05, 3.63) is 36.1 Å². The van der Waals surface area contributed by atoms with Crippen LogP contribution < -0.4 is 10.6 Å². The van der Waals surface area contributed by atoms with Gasteiger partial charge in [-0.2, -0.15) is 0 Å². The lowest BCUT2D eigenvalue weighted by atomic mass is 10.1. The Morgan fingerprint density at radius 2 is 1.89 bits per heavy atom. The molecule has 1 aromatic carbocycles. The normalized spacial score (nSPS) is 12.2. The molecule has 1 heterocycles. The summed E-state index contributed by atoms with van der Waals surface area (Å²) >= 11 is 0. The standard InChI is InChI=1S/C16H24N2O/c1-16(2,3)18-10-6-9-17-12-14-11-13-7-4-5-8-15(13)19-14/h4-5,7-8,11,17-18H,6,9-10,12H2,1-3H3. The number of benzene rings is 1. The van der Waals surface area contributed by atoms with E-state index in [4.69, 9.17) is 4.42 Å². The van der Waals surface area contributed by atoms with Crippen LogP contribution in [0.4, 0.5) is 0 Å². The van der Waals surface area contributed by atoms with Crippen molar-refractivity contribution in [2.24, 2.45) is 0 Å². The van der Waals surface area contributed by atoms with Crippen LogP contribution >= 0.6 is 0 Å². The summed E-state index contributed by atoms with van der Waals surface area (Å²) in [5, 5.41) is 8.07. The zero-order valence-corrected chi connectivity index (χ0v) is 12.1. The van der Waals surface area contributed by atoms with Crippen molar-refractivity contribution in [1.29, 1.82) is 0 Å². The van der Waals surface area contributed by atoms with E-state index < -0.39 is 0 Å². The van der Waals surface area contributed by atoms with Crippen molar-refractivity contribution >= 4 is 11.0 Å². The van der Waals surface area contributed by atoms with Crippen LogP contribution in [0.1, 0.15) is 33.0 Å². The van der Waals surface area contributed by atoms with Gasteiger partial charge < -0.3 is 15.1 Å². The Balaban J connectivity index is 1.68. The van der Waals surface area contributed by atoms with Crippen LogP contribution in [0.5, 0.6) is 0 Å². The smallest absolute Gasteiger partial charge is 0.134 e. The molecule has 0 fully saturated rings. The average Bonchev–Trinajstić information content (AvgIpc) is 2.74. The Labute approximate surface area is 115 Å². The third-order valence-corrected chi connectivity index (χ3v) is 2.96. The van der Waals surface area contributed by atoms with Gasteiger partial charge in [0.15, 0.2) is 0 Å². The molecular formula is C16H24N2O. The fourth-order valence-electron chi connectivity index (χ4n) is 2.01. The van der Waals surface area contributed by atoms with E-state index in [1.165, 1.54) is 5.39 Å². The number of nitrogens with one attached hydrogen (secondary N) is 2. The lowest BCUT2D eigenvalue weighted by Crippen LogP contribution is -2.37. The van der Waals surface area contributed by atoms with Gasteiger partial charge >= 0.3 is 0 Å². The Morgan fingerprint density at radius 1 is 1.11 bits per heavy atom. The molecule has 0 aliphatic rings. The van der Waals surface area contributed by atoms with E-state index in [2.05, 4.69) is 43.5 Å². The van der Waals surface area contributed by atoms with E-state index in [0.717, 1.165) is 37.4 Å². The molecule has 0 atom stereocenters. The summed E-state index contributed by atoms with van der Waals surface area (Å²) in [5.74, 6) is 1.00. The highest BCUT2D eigenvalue weighted by Gasteiger charge is 2.07. The first-order chi connectivity index (χ1) is 9.04. The summed E-state index contributed by atoms with van der Waals surface area (Å²) in [6.45, 7) is 9.40. The minimum absolute atomic E-state index is 0.207. The number of hydrogen-bond donors (Lipinski definition) is 2. The second-order valence-corrected chi connectivity index (χ2v) is 5.96. The minimum Gasteiger partial charge on any atom is -0.460 e. The predicted octanol–water partition coefficient (Wildman–Crippen LogP) is 3.30. The average molecular weight is 260 g/mol. The number of furan rings is 1. The van der Waals surface area contributed by atoms with Gasteiger partial charge in [0.2, 0.25) is 0 Å². The first-order valence-corrected chi connectivity index (χ1v) is 6.98. The quantitative estimate of drug-likeness (QED) is 0.783. The largest absolute Gasteiger partial charge is 0.460 e. The van der Waals surface area contributed by atoms with E-state index in [0.29, 0.717) is 0 Å². The molecule has 104 valence electrons. The summed E-state index contributed by atoms with van der Waals surface area (Å²) < 4.78 is 5.75. The maximum atomic E-state index is 5.75. The molecule has 0 aliphatic heterocycles. The van der Waals surface area contributed by atoms with E-state index in [1.54, 1.807) is 0 Å². The molecular weight excluding hydrogens is 236 g/mol. The van der Waals surface area contributed by atoms with Crippen LogP contribution in [0.2, 0.25) is 0 Å². The second kappa shape index (κ2) is 6.22. The molecule has 2 aromatic rings. The summed E-state index contributed by atoms with van der Waals surface area (Å²) in [6, 6.07) is 10.2. The van der Waals surface area contributed by atoms with Crippen LogP contribution in [0.25, 0.3) is 11.0 Å². The summed E-state index contributed by atoms with van der Waals surface area (Å²) in [7, 11) is 0. The molecule has 0 spiro atoms. The van der Waals surface area contributed by atoms with Crippen LogP contribution in [-0.4, -0.2) is 18.6 Å². The van der Waals surface area contributed by atoms with Crippen molar-refractivity contribution in [3.63, 3.8) is 0 Å². The van der Waals surface area contributed by atoms with Gasteiger partial charge in [0, 0.05) is 10.9 Å². The highest BCUT2D eigenvalue weighted by atomic mass is 16.3. The topological polar surface area (TPSA) is 37.2 Å². The monoisotopic (exact) mass is 260 g/mol. The second-order valence-electron chi connectivity index (χ2n) is 5.96. The van der Waals surface area contributed by atoms with Gasteiger partial charge in [-0.25, -0.2) is 0 Å². The summed E-state index contributed by atoms with van der Waals surface area (Å²) in [5.41, 5.74) is 1.17. The summed E-state index contributed by atoms with van der Waals surface area (Å²) in [4.78, 5) is 0. The zero-order valence-electron chi connectivity index (χ0n) is 12.1. The van der Waals surface area contributed by atoms with Crippen molar-refractivity contribution in [1.82, 2.24) is 10.6 Å². The third kappa shape index (κ3) is 4.69. The molecule has 0 unspecified atom stereocenters. The van der Waals surface area contributed by atoms with E-state index in [-0.39, 0.29) is 5.54 Å². The van der Waals surface area contributed by atoms with Crippen molar-refractivity contribution < 1.29 is 4.42 Å².